The Morgan fingerprint density at radius 1 is 1.22 bits per heavy atom. The molecule has 0 bridgehead atoms. The molecule has 1 aliphatic rings. The van der Waals surface area contributed by atoms with Gasteiger partial charge < -0.3 is 0 Å². The number of halogens is 1. The molecule has 2 aromatic rings. The number of hydrogen-bond acceptors (Lipinski definition) is 2. The lowest BCUT2D eigenvalue weighted by Gasteiger charge is -2.01. The van der Waals surface area contributed by atoms with Gasteiger partial charge in [0, 0.05) is 10.4 Å². The van der Waals surface area contributed by atoms with Crippen LogP contribution in [0.4, 0.5) is 4.39 Å². The predicted octanol–water partition coefficient (Wildman–Crippen LogP) is 3.92. The fourth-order valence-corrected chi connectivity index (χ4v) is 3.67. The van der Waals surface area contributed by atoms with Crippen molar-refractivity contribution < 1.29 is 9.18 Å². The molecule has 1 aromatic heterocycles. The molecule has 0 radical (unpaired) electrons. The molecule has 0 fully saturated rings. The van der Waals surface area contributed by atoms with Gasteiger partial charge in [-0.05, 0) is 61.6 Å². The van der Waals surface area contributed by atoms with Gasteiger partial charge in [0.1, 0.15) is 5.82 Å². The van der Waals surface area contributed by atoms with Crippen LogP contribution in [-0.4, -0.2) is 5.78 Å². The molecule has 3 heteroatoms. The van der Waals surface area contributed by atoms with E-state index < -0.39 is 0 Å². The Bertz CT molecular complexity index is 586. The fourth-order valence-electron chi connectivity index (χ4n) is 2.45. The van der Waals surface area contributed by atoms with Gasteiger partial charge in [0.15, 0.2) is 0 Å². The number of ketones is 1. The first-order valence-electron chi connectivity index (χ1n) is 6.07. The number of rotatable bonds is 2. The number of thiophene rings is 1. The van der Waals surface area contributed by atoms with E-state index in [-0.39, 0.29) is 11.6 Å². The normalized spacial score (nSPS) is 13.7. The molecule has 0 N–H and O–H groups in total. The van der Waals surface area contributed by atoms with Crippen LogP contribution < -0.4 is 0 Å². The molecule has 0 unspecified atom stereocenters. The highest BCUT2D eigenvalue weighted by molar-refractivity contribution is 7.14. The van der Waals surface area contributed by atoms with E-state index >= 15 is 0 Å². The lowest BCUT2D eigenvalue weighted by molar-refractivity contribution is 0.104. The Kier molecular flexibility index (Phi) is 2.78. The minimum atomic E-state index is -0.345. The number of hydrogen-bond donors (Lipinski definition) is 0. The van der Waals surface area contributed by atoms with Crippen LogP contribution in [0.2, 0.25) is 0 Å². The second-order valence-corrected chi connectivity index (χ2v) is 5.90. The van der Waals surface area contributed by atoms with Crippen molar-refractivity contribution in [3.05, 3.63) is 56.5 Å². The average molecular weight is 260 g/mol. The second-order valence-electron chi connectivity index (χ2n) is 4.76. The van der Waals surface area contributed by atoms with Gasteiger partial charge >= 0.3 is 0 Å². The largest absolute Gasteiger partial charge is 0.288 e. The Balaban J connectivity index is 1.98. The zero-order chi connectivity index (χ0) is 12.7. The molecule has 1 nitrogen and oxygen atoms in total. The van der Waals surface area contributed by atoms with Crippen molar-refractivity contribution in [2.45, 2.75) is 26.2 Å². The second kappa shape index (κ2) is 4.32. The van der Waals surface area contributed by atoms with E-state index in [0.717, 1.165) is 23.3 Å². The number of benzene rings is 1. The zero-order valence-corrected chi connectivity index (χ0v) is 10.9. The highest BCUT2D eigenvalue weighted by Gasteiger charge is 2.19. The zero-order valence-electron chi connectivity index (χ0n) is 10.1. The number of fused-ring (bicyclic) bond motifs is 1. The lowest BCUT2D eigenvalue weighted by Crippen LogP contribution is -2.00. The molecule has 92 valence electrons. The van der Waals surface area contributed by atoms with E-state index in [4.69, 9.17) is 0 Å². The van der Waals surface area contributed by atoms with Crippen LogP contribution in [-0.2, 0) is 12.8 Å². The van der Waals surface area contributed by atoms with Crippen LogP contribution in [0, 0.1) is 12.7 Å². The van der Waals surface area contributed by atoms with Crippen molar-refractivity contribution in [1.82, 2.24) is 0 Å². The summed E-state index contributed by atoms with van der Waals surface area (Å²) in [6.07, 6.45) is 3.34. The maximum Gasteiger partial charge on any atom is 0.203 e. The summed E-state index contributed by atoms with van der Waals surface area (Å²) in [7, 11) is 0. The van der Waals surface area contributed by atoms with Gasteiger partial charge in [-0.3, -0.25) is 4.79 Å². The molecule has 18 heavy (non-hydrogen) atoms. The van der Waals surface area contributed by atoms with Crippen LogP contribution in [0.15, 0.2) is 24.3 Å². The van der Waals surface area contributed by atoms with Gasteiger partial charge in [0.2, 0.25) is 5.78 Å². The van der Waals surface area contributed by atoms with E-state index in [0.29, 0.717) is 5.56 Å². The number of carbonyl (C=O) groups is 1. The Hall–Kier alpha value is -1.48. The monoisotopic (exact) mass is 260 g/mol. The summed E-state index contributed by atoms with van der Waals surface area (Å²) in [6.45, 7) is 1.80. The molecule has 1 aromatic carbocycles. The van der Waals surface area contributed by atoms with Crippen molar-refractivity contribution in [2.75, 3.05) is 0 Å². The Morgan fingerprint density at radius 3 is 2.78 bits per heavy atom. The maximum absolute atomic E-state index is 13.3. The summed E-state index contributed by atoms with van der Waals surface area (Å²) in [6, 6.07) is 6.48. The van der Waals surface area contributed by atoms with Gasteiger partial charge in [-0.15, -0.1) is 11.3 Å². The van der Waals surface area contributed by atoms with Crippen molar-refractivity contribution in [3.8, 4) is 0 Å². The van der Waals surface area contributed by atoms with Crippen molar-refractivity contribution in [2.24, 2.45) is 0 Å². The van der Waals surface area contributed by atoms with Gasteiger partial charge in [-0.2, -0.15) is 0 Å². The summed E-state index contributed by atoms with van der Waals surface area (Å²) in [5, 5.41) is 0. The quantitative estimate of drug-likeness (QED) is 0.748. The molecular weight excluding hydrogens is 247 g/mol. The smallest absolute Gasteiger partial charge is 0.203 e. The molecule has 0 saturated heterocycles. The first-order valence-corrected chi connectivity index (χ1v) is 6.88. The highest BCUT2D eigenvalue weighted by Crippen LogP contribution is 2.31. The van der Waals surface area contributed by atoms with Crippen LogP contribution in [0.25, 0.3) is 0 Å². The molecule has 0 spiro atoms. The van der Waals surface area contributed by atoms with Crippen LogP contribution in [0.1, 0.15) is 37.7 Å². The fraction of sp³-hybridized carbons (Fsp3) is 0.267. The summed E-state index contributed by atoms with van der Waals surface area (Å²) >= 11 is 1.56. The van der Waals surface area contributed by atoms with Gasteiger partial charge in [0.25, 0.3) is 0 Å². The minimum absolute atomic E-state index is 0.0583. The van der Waals surface area contributed by atoms with Crippen LogP contribution in [0.3, 0.4) is 0 Å². The topological polar surface area (TPSA) is 17.1 Å². The summed E-state index contributed by atoms with van der Waals surface area (Å²) in [5.74, 6) is -0.403. The molecule has 0 atom stereocenters. The Morgan fingerprint density at radius 2 is 2.06 bits per heavy atom. The van der Waals surface area contributed by atoms with Gasteiger partial charge in [-0.25, -0.2) is 4.39 Å². The third-order valence-corrected chi connectivity index (χ3v) is 4.51. The first kappa shape index (κ1) is 11.6. The highest BCUT2D eigenvalue weighted by atomic mass is 32.1. The standard InChI is InChI=1S/C15H13FOS/c1-9-5-11(7-12(16)6-9)15(17)14-8-10-3-2-4-13(10)18-14/h5-8H,2-4H2,1H3. The van der Waals surface area contributed by atoms with Crippen LogP contribution in [0.5, 0.6) is 0 Å². The molecule has 0 aliphatic heterocycles. The molecule has 3 rings (SSSR count). The van der Waals surface area contributed by atoms with Gasteiger partial charge in [-0.1, -0.05) is 0 Å². The summed E-state index contributed by atoms with van der Waals surface area (Å²) < 4.78 is 13.3. The van der Waals surface area contributed by atoms with E-state index in [1.54, 1.807) is 24.3 Å². The average Bonchev–Trinajstić information content (AvgIpc) is 2.86. The van der Waals surface area contributed by atoms with E-state index in [2.05, 4.69) is 0 Å². The summed E-state index contributed by atoms with van der Waals surface area (Å²) in [5.41, 5.74) is 2.53. The molecule has 0 saturated carbocycles. The molecule has 1 aliphatic carbocycles. The Labute approximate surface area is 109 Å². The van der Waals surface area contributed by atoms with E-state index in [9.17, 15) is 9.18 Å². The molecular formula is C15H13FOS. The van der Waals surface area contributed by atoms with E-state index in [1.165, 1.54) is 29.0 Å². The van der Waals surface area contributed by atoms with Crippen LogP contribution >= 0.6 is 11.3 Å². The SMILES string of the molecule is Cc1cc(F)cc(C(=O)c2cc3c(s2)CCC3)c1. The minimum Gasteiger partial charge on any atom is -0.288 e. The third kappa shape index (κ3) is 1.99. The van der Waals surface area contributed by atoms with Crippen molar-refractivity contribution in [1.29, 1.82) is 0 Å². The van der Waals surface area contributed by atoms with Gasteiger partial charge in [0.05, 0.1) is 4.88 Å². The van der Waals surface area contributed by atoms with Crippen molar-refractivity contribution >= 4 is 17.1 Å². The number of carbonyl (C=O) groups excluding carboxylic acids is 1. The number of aryl methyl sites for hydroxylation is 3. The molecule has 1 heterocycles. The maximum atomic E-state index is 13.3. The lowest BCUT2D eigenvalue weighted by atomic mass is 10.1. The van der Waals surface area contributed by atoms with E-state index in [1.807, 2.05) is 6.07 Å². The first-order chi connectivity index (χ1) is 8.63. The summed E-state index contributed by atoms with van der Waals surface area (Å²) in [4.78, 5) is 14.4. The third-order valence-electron chi connectivity index (χ3n) is 3.27. The van der Waals surface area contributed by atoms with Crippen molar-refractivity contribution in [3.63, 3.8) is 0 Å². The predicted molar refractivity (Wildman–Crippen MR) is 70.9 cm³/mol. The molecule has 0 amide bonds.